The molecule has 2 N–H and O–H groups in total. The van der Waals surface area contributed by atoms with Crippen molar-refractivity contribution in [2.75, 3.05) is 20.1 Å². The zero-order valence-corrected chi connectivity index (χ0v) is 12.8. The maximum atomic E-state index is 12.2. The Kier molecular flexibility index (Phi) is 5.56. The average Bonchev–Trinajstić information content (AvgIpc) is 2.94. The van der Waals surface area contributed by atoms with E-state index >= 15 is 0 Å². The monoisotopic (exact) mass is 300 g/mol. The third-order valence-corrected chi connectivity index (χ3v) is 5.18. The van der Waals surface area contributed by atoms with Gasteiger partial charge in [0, 0.05) is 19.3 Å². The summed E-state index contributed by atoms with van der Waals surface area (Å²) in [5.41, 5.74) is 0. The lowest BCUT2D eigenvalue weighted by molar-refractivity contribution is 0.357. The molecule has 0 unspecified atom stereocenters. The van der Waals surface area contributed by atoms with E-state index in [0.717, 1.165) is 19.4 Å². The Labute approximate surface area is 121 Å². The fraction of sp³-hybridized carbons (Fsp3) is 0.769. The predicted octanol–water partition coefficient (Wildman–Crippen LogP) is 0.961. The minimum Gasteiger partial charge on any atom is -0.318 e. The third kappa shape index (κ3) is 4.29. The van der Waals surface area contributed by atoms with E-state index < -0.39 is 10.0 Å². The number of hydrogen-bond acceptors (Lipinski definition) is 4. The molecule has 0 amide bonds. The molecule has 0 saturated heterocycles. The summed E-state index contributed by atoms with van der Waals surface area (Å²) in [6.07, 6.45) is 8.97. The van der Waals surface area contributed by atoms with Crippen molar-refractivity contribution >= 4 is 10.0 Å². The summed E-state index contributed by atoms with van der Waals surface area (Å²) in [5, 5.41) is 7.08. The molecule has 1 fully saturated rings. The van der Waals surface area contributed by atoms with E-state index in [-0.39, 0.29) is 4.90 Å². The molecule has 1 saturated carbocycles. The van der Waals surface area contributed by atoms with E-state index in [1.807, 2.05) is 7.05 Å². The Morgan fingerprint density at radius 3 is 2.80 bits per heavy atom. The minimum atomic E-state index is -3.42. The minimum absolute atomic E-state index is 0.254. The van der Waals surface area contributed by atoms with Crippen LogP contribution in [0.15, 0.2) is 17.3 Å². The van der Waals surface area contributed by atoms with Crippen molar-refractivity contribution < 1.29 is 8.42 Å². The van der Waals surface area contributed by atoms with Crippen molar-refractivity contribution in [1.82, 2.24) is 19.8 Å². The fourth-order valence-corrected chi connectivity index (χ4v) is 3.60. The molecule has 2 rings (SSSR count). The van der Waals surface area contributed by atoms with E-state index in [9.17, 15) is 8.42 Å². The van der Waals surface area contributed by atoms with Gasteiger partial charge in [-0.3, -0.25) is 4.68 Å². The van der Waals surface area contributed by atoms with Crippen LogP contribution in [0.3, 0.4) is 0 Å². The highest BCUT2D eigenvalue weighted by molar-refractivity contribution is 7.89. The second-order valence-electron chi connectivity index (χ2n) is 5.40. The molecule has 7 heteroatoms. The van der Waals surface area contributed by atoms with Gasteiger partial charge in [-0.25, -0.2) is 13.1 Å². The Hall–Kier alpha value is -0.920. The molecule has 0 atom stereocenters. The first kappa shape index (κ1) is 15.5. The van der Waals surface area contributed by atoms with Gasteiger partial charge in [0.2, 0.25) is 10.0 Å². The van der Waals surface area contributed by atoms with Crippen LogP contribution in [0.4, 0.5) is 0 Å². The SMILES string of the molecule is CNCCn1cc(S(=O)(=O)NCC2CCCCC2)cn1. The molecule has 0 aliphatic heterocycles. The van der Waals surface area contributed by atoms with Crippen LogP contribution in [0, 0.1) is 5.92 Å². The van der Waals surface area contributed by atoms with Gasteiger partial charge in [-0.2, -0.15) is 5.10 Å². The Morgan fingerprint density at radius 2 is 2.10 bits per heavy atom. The maximum absolute atomic E-state index is 12.2. The number of sulfonamides is 1. The van der Waals surface area contributed by atoms with Crippen molar-refractivity contribution in [2.24, 2.45) is 5.92 Å². The van der Waals surface area contributed by atoms with Crippen molar-refractivity contribution in [1.29, 1.82) is 0 Å². The van der Waals surface area contributed by atoms with E-state index in [2.05, 4.69) is 15.1 Å². The Balaban J connectivity index is 1.90. The van der Waals surface area contributed by atoms with Crippen LogP contribution >= 0.6 is 0 Å². The summed E-state index contributed by atoms with van der Waals surface area (Å²) in [5.74, 6) is 0.484. The lowest BCUT2D eigenvalue weighted by Gasteiger charge is -2.21. The van der Waals surface area contributed by atoms with E-state index in [1.54, 1.807) is 10.9 Å². The quantitative estimate of drug-likeness (QED) is 0.786. The van der Waals surface area contributed by atoms with Gasteiger partial charge < -0.3 is 5.32 Å². The molecular weight excluding hydrogens is 276 g/mol. The van der Waals surface area contributed by atoms with E-state index in [1.165, 1.54) is 25.5 Å². The van der Waals surface area contributed by atoms with Crippen LogP contribution in [-0.4, -0.2) is 38.3 Å². The second kappa shape index (κ2) is 7.19. The van der Waals surface area contributed by atoms with Gasteiger partial charge >= 0.3 is 0 Å². The van der Waals surface area contributed by atoms with E-state index in [4.69, 9.17) is 0 Å². The average molecular weight is 300 g/mol. The summed E-state index contributed by atoms with van der Waals surface area (Å²) in [7, 11) is -1.56. The van der Waals surface area contributed by atoms with Crippen LogP contribution < -0.4 is 10.0 Å². The summed E-state index contributed by atoms with van der Waals surface area (Å²) in [4.78, 5) is 0.254. The largest absolute Gasteiger partial charge is 0.318 e. The first-order chi connectivity index (χ1) is 9.62. The Morgan fingerprint density at radius 1 is 1.35 bits per heavy atom. The molecule has 6 nitrogen and oxygen atoms in total. The van der Waals surface area contributed by atoms with Crippen LogP contribution in [-0.2, 0) is 16.6 Å². The predicted molar refractivity (Wildman–Crippen MR) is 77.9 cm³/mol. The molecule has 0 bridgehead atoms. The van der Waals surface area contributed by atoms with Gasteiger partial charge in [-0.15, -0.1) is 0 Å². The fourth-order valence-electron chi connectivity index (χ4n) is 2.53. The summed E-state index contributed by atoms with van der Waals surface area (Å²) >= 11 is 0. The zero-order valence-electron chi connectivity index (χ0n) is 12.0. The van der Waals surface area contributed by atoms with Crippen LogP contribution in [0.2, 0.25) is 0 Å². The highest BCUT2D eigenvalue weighted by Gasteiger charge is 2.20. The van der Waals surface area contributed by atoms with Crippen LogP contribution in [0.25, 0.3) is 0 Å². The molecule has 114 valence electrons. The van der Waals surface area contributed by atoms with Gasteiger partial charge in [0.25, 0.3) is 0 Å². The highest BCUT2D eigenvalue weighted by atomic mass is 32.2. The summed E-state index contributed by atoms with van der Waals surface area (Å²) < 4.78 is 28.7. The molecular formula is C13H24N4O2S. The number of rotatable bonds is 7. The lowest BCUT2D eigenvalue weighted by atomic mass is 9.90. The zero-order chi connectivity index (χ0) is 14.4. The summed E-state index contributed by atoms with van der Waals surface area (Å²) in [6, 6.07) is 0. The van der Waals surface area contributed by atoms with Crippen molar-refractivity contribution in [3.05, 3.63) is 12.4 Å². The third-order valence-electron chi connectivity index (χ3n) is 3.80. The number of likely N-dealkylation sites (N-methyl/N-ethyl adjacent to an activating group) is 1. The number of hydrogen-bond donors (Lipinski definition) is 2. The van der Waals surface area contributed by atoms with Crippen molar-refractivity contribution in [3.8, 4) is 0 Å². The summed E-state index contributed by atoms with van der Waals surface area (Å²) in [6.45, 7) is 1.97. The van der Waals surface area contributed by atoms with Crippen molar-refractivity contribution in [3.63, 3.8) is 0 Å². The first-order valence-corrected chi connectivity index (χ1v) is 8.77. The molecule has 1 aromatic rings. The molecule has 1 aliphatic carbocycles. The topological polar surface area (TPSA) is 76.0 Å². The van der Waals surface area contributed by atoms with Gasteiger partial charge in [-0.1, -0.05) is 19.3 Å². The first-order valence-electron chi connectivity index (χ1n) is 7.28. The lowest BCUT2D eigenvalue weighted by Crippen LogP contribution is -2.30. The van der Waals surface area contributed by atoms with Crippen LogP contribution in [0.1, 0.15) is 32.1 Å². The molecule has 20 heavy (non-hydrogen) atoms. The number of aromatic nitrogens is 2. The molecule has 0 aromatic carbocycles. The molecule has 1 aliphatic rings. The standard InChI is InChI=1S/C13H24N4O2S/c1-14-7-8-17-11-13(10-15-17)20(18,19)16-9-12-5-3-2-4-6-12/h10-12,14,16H,2-9H2,1H3. The highest BCUT2D eigenvalue weighted by Crippen LogP contribution is 2.23. The molecule has 0 radical (unpaired) electrons. The van der Waals surface area contributed by atoms with Gasteiger partial charge in [0.1, 0.15) is 4.90 Å². The Bertz CT molecular complexity index is 506. The normalized spacial score (nSPS) is 17.4. The number of nitrogens with one attached hydrogen (secondary N) is 2. The molecule has 0 spiro atoms. The van der Waals surface area contributed by atoms with E-state index in [0.29, 0.717) is 19.0 Å². The second-order valence-corrected chi connectivity index (χ2v) is 7.17. The van der Waals surface area contributed by atoms with Gasteiger partial charge in [0.05, 0.1) is 12.7 Å². The van der Waals surface area contributed by atoms with Crippen molar-refractivity contribution in [2.45, 2.75) is 43.5 Å². The molecule has 1 heterocycles. The number of nitrogens with zero attached hydrogens (tertiary/aromatic N) is 2. The molecule has 1 aromatic heterocycles. The van der Waals surface area contributed by atoms with Gasteiger partial charge in [0.15, 0.2) is 0 Å². The van der Waals surface area contributed by atoms with Crippen LogP contribution in [0.5, 0.6) is 0 Å². The van der Waals surface area contributed by atoms with Gasteiger partial charge in [-0.05, 0) is 25.8 Å². The maximum Gasteiger partial charge on any atom is 0.243 e. The smallest absolute Gasteiger partial charge is 0.243 e.